The summed E-state index contributed by atoms with van der Waals surface area (Å²) in [5.74, 6) is 0. The fraction of sp³-hybridized carbons (Fsp3) is 0.200. The largest absolute Gasteiger partial charge is 0.301 e. The van der Waals surface area contributed by atoms with Gasteiger partial charge in [0.05, 0.1) is 25.3 Å². The number of aromatic nitrogens is 4. The Bertz CT molecular complexity index is 429. The number of hydrogen-bond donors (Lipinski definition) is 0. The average molecular weight is 199 g/mol. The molecule has 2 rings (SSSR count). The number of nitrogens with zero attached hydrogens (tertiary/aromatic N) is 4. The summed E-state index contributed by atoms with van der Waals surface area (Å²) in [7, 11) is 6.03. The summed E-state index contributed by atoms with van der Waals surface area (Å²) in [6.07, 6.45) is 7.14. The van der Waals surface area contributed by atoms with Crippen molar-refractivity contribution in [2.75, 3.05) is 0 Å². The van der Waals surface area contributed by atoms with Crippen molar-refractivity contribution >= 4 is 18.5 Å². The molecule has 0 aliphatic rings. The van der Waals surface area contributed by atoms with E-state index in [0.717, 1.165) is 11.2 Å². The predicted molar refractivity (Wildman–Crippen MR) is 55.8 cm³/mol. The Morgan fingerprint density at radius 3 is 1.80 bits per heavy atom. The minimum atomic E-state index is 1.10. The van der Waals surface area contributed by atoms with E-state index in [1.165, 1.54) is 0 Å². The van der Waals surface area contributed by atoms with Gasteiger partial charge < -0.3 is 0 Å². The van der Waals surface area contributed by atoms with Gasteiger partial charge in [0, 0.05) is 12.1 Å². The van der Waals surface area contributed by atoms with Crippen LogP contribution in [-0.4, -0.2) is 17.2 Å². The van der Waals surface area contributed by atoms with Gasteiger partial charge in [0.2, 0.25) is 0 Å². The molecule has 2 aromatic rings. The van der Waals surface area contributed by atoms with Gasteiger partial charge in [-0.05, 0) is 0 Å². The Morgan fingerprint density at radius 1 is 0.933 bits per heavy atom. The van der Waals surface area contributed by atoms with E-state index in [1.54, 1.807) is 25.0 Å². The second-order valence-corrected chi connectivity index (χ2v) is 3.38. The lowest BCUT2D eigenvalue weighted by Crippen LogP contribution is -2.59. The molecule has 1 radical (unpaired) electrons. The quantitative estimate of drug-likeness (QED) is 0.405. The van der Waals surface area contributed by atoms with Gasteiger partial charge in [0.15, 0.2) is 0 Å². The lowest BCUT2D eigenvalue weighted by molar-refractivity contribution is -0.661. The molecule has 2 heterocycles. The van der Waals surface area contributed by atoms with Crippen LogP contribution in [0.5, 0.6) is 0 Å². The lowest BCUT2D eigenvalue weighted by Gasteiger charge is -2.00. The lowest BCUT2D eigenvalue weighted by atomic mass is 9.70. The van der Waals surface area contributed by atoms with Crippen molar-refractivity contribution in [3.05, 3.63) is 37.2 Å². The van der Waals surface area contributed by atoms with Gasteiger partial charge in [-0.15, -0.1) is 0 Å². The summed E-state index contributed by atoms with van der Waals surface area (Å²) in [6.45, 7) is 0. The van der Waals surface area contributed by atoms with Crippen LogP contribution in [0.25, 0.3) is 0 Å². The first-order valence-electron chi connectivity index (χ1n) is 4.71. The maximum absolute atomic E-state index is 4.03. The van der Waals surface area contributed by atoms with Gasteiger partial charge in [-0.3, -0.25) is 0 Å². The average Bonchev–Trinajstić information content (AvgIpc) is 2.24. The molecular weight excluding hydrogens is 187 g/mol. The molecule has 0 saturated heterocycles. The zero-order valence-electron chi connectivity index (χ0n) is 8.83. The van der Waals surface area contributed by atoms with Crippen molar-refractivity contribution in [1.29, 1.82) is 0 Å². The number of rotatable bonds is 2. The van der Waals surface area contributed by atoms with Crippen LogP contribution < -0.4 is 20.3 Å². The van der Waals surface area contributed by atoms with E-state index in [2.05, 4.69) is 17.2 Å². The second-order valence-electron chi connectivity index (χ2n) is 3.38. The molecule has 0 spiro atoms. The van der Waals surface area contributed by atoms with Crippen LogP contribution in [0.15, 0.2) is 37.2 Å². The summed E-state index contributed by atoms with van der Waals surface area (Å²) in [4.78, 5) is 8.07. The maximum atomic E-state index is 4.03. The summed E-state index contributed by atoms with van der Waals surface area (Å²) >= 11 is 0. The van der Waals surface area contributed by atoms with Gasteiger partial charge >= 0.3 is 7.28 Å². The molecule has 0 unspecified atom stereocenters. The van der Waals surface area contributed by atoms with E-state index in [0.29, 0.717) is 0 Å². The van der Waals surface area contributed by atoms with Crippen molar-refractivity contribution < 1.29 is 9.13 Å². The predicted octanol–water partition coefficient (Wildman–Crippen LogP) is -2.22. The van der Waals surface area contributed by atoms with E-state index < -0.39 is 0 Å². The Hall–Kier alpha value is -1.78. The first-order valence-corrected chi connectivity index (χ1v) is 4.71. The highest BCUT2D eigenvalue weighted by Crippen LogP contribution is 1.70. The van der Waals surface area contributed by atoms with Gasteiger partial charge in [-0.1, -0.05) is 9.97 Å². The van der Waals surface area contributed by atoms with E-state index in [-0.39, 0.29) is 0 Å². The molecule has 0 N–H and O–H groups in total. The van der Waals surface area contributed by atoms with Crippen molar-refractivity contribution in [1.82, 2.24) is 9.97 Å². The van der Waals surface area contributed by atoms with Crippen LogP contribution in [-0.2, 0) is 14.1 Å². The molecule has 15 heavy (non-hydrogen) atoms. The molecule has 5 heteroatoms. The van der Waals surface area contributed by atoms with Crippen molar-refractivity contribution in [3.8, 4) is 0 Å². The molecule has 0 aliphatic carbocycles. The van der Waals surface area contributed by atoms with Crippen molar-refractivity contribution in [2.24, 2.45) is 14.1 Å². The van der Waals surface area contributed by atoms with E-state index in [9.17, 15) is 0 Å². The molecule has 0 fully saturated rings. The topological polar surface area (TPSA) is 33.5 Å². The smallest absolute Gasteiger partial charge is 0.246 e. The molecule has 0 bridgehead atoms. The van der Waals surface area contributed by atoms with Crippen LogP contribution in [0.2, 0.25) is 0 Å². The van der Waals surface area contributed by atoms with Crippen LogP contribution in [0.1, 0.15) is 0 Å². The van der Waals surface area contributed by atoms with Crippen molar-refractivity contribution in [2.45, 2.75) is 0 Å². The Morgan fingerprint density at radius 2 is 1.40 bits per heavy atom. The molecule has 0 amide bonds. The Labute approximate surface area is 89.5 Å². The molecule has 4 nitrogen and oxygen atoms in total. The normalized spacial score (nSPS) is 10.0. The summed E-state index contributed by atoms with van der Waals surface area (Å²) < 4.78 is 3.95. The molecule has 73 valence electrons. The monoisotopic (exact) mass is 199 g/mol. The molecule has 0 atom stereocenters. The van der Waals surface area contributed by atoms with Crippen LogP contribution in [0.3, 0.4) is 0 Å². The minimum absolute atomic E-state index is 1.10. The van der Waals surface area contributed by atoms with Gasteiger partial charge in [0.25, 0.3) is 12.7 Å². The fourth-order valence-electron chi connectivity index (χ4n) is 1.34. The highest BCUT2D eigenvalue weighted by Gasteiger charge is 2.11. The zero-order valence-corrected chi connectivity index (χ0v) is 8.83. The molecule has 0 saturated carbocycles. The number of hydrogen-bond acceptors (Lipinski definition) is 2. The van der Waals surface area contributed by atoms with E-state index >= 15 is 0 Å². The van der Waals surface area contributed by atoms with E-state index in [1.807, 2.05) is 35.4 Å². The summed E-state index contributed by atoms with van der Waals surface area (Å²) in [6, 6.07) is 3.95. The van der Waals surface area contributed by atoms with Gasteiger partial charge in [0.1, 0.15) is 12.4 Å². The molecular formula is C10H12BN4+2. The van der Waals surface area contributed by atoms with Crippen LogP contribution in [0, 0.1) is 0 Å². The first kappa shape index (κ1) is 9.77. The Kier molecular flexibility index (Phi) is 2.71. The standard InChI is InChI=1S/C10H12BN4/c1-14-7-12-5-3-9(14)11-10-4-6-13-8-15(10)2/h3-8H,1-2H3/q+2. The third kappa shape index (κ3) is 2.18. The van der Waals surface area contributed by atoms with Gasteiger partial charge in [-0.2, -0.15) is 0 Å². The highest BCUT2D eigenvalue weighted by atomic mass is 15.0. The SMILES string of the molecule is C[n+]1cnccc1[B]c1ccnc[n+]1C. The fourth-order valence-corrected chi connectivity index (χ4v) is 1.34. The van der Waals surface area contributed by atoms with Gasteiger partial charge in [-0.25, -0.2) is 9.13 Å². The molecule has 2 aromatic heterocycles. The number of aryl methyl sites for hydroxylation is 2. The minimum Gasteiger partial charge on any atom is -0.246 e. The molecule has 0 aliphatic heterocycles. The third-order valence-electron chi connectivity index (χ3n) is 2.25. The second kappa shape index (κ2) is 4.17. The van der Waals surface area contributed by atoms with E-state index in [4.69, 9.17) is 0 Å². The van der Waals surface area contributed by atoms with Crippen LogP contribution in [0.4, 0.5) is 0 Å². The summed E-state index contributed by atoms with van der Waals surface area (Å²) in [5, 5.41) is 0. The third-order valence-corrected chi connectivity index (χ3v) is 2.25. The maximum Gasteiger partial charge on any atom is 0.301 e. The van der Waals surface area contributed by atoms with Crippen molar-refractivity contribution in [3.63, 3.8) is 0 Å². The van der Waals surface area contributed by atoms with Crippen LogP contribution >= 0.6 is 0 Å². The first-order chi connectivity index (χ1) is 7.27. The molecule has 0 aromatic carbocycles. The summed E-state index contributed by atoms with van der Waals surface area (Å²) in [5.41, 5.74) is 2.21. The Balaban J connectivity index is 2.30. The highest BCUT2D eigenvalue weighted by molar-refractivity contribution is 6.64. The zero-order chi connectivity index (χ0) is 10.7.